The standard InChI is InChI=1S/C9H10O2/c10-4-6-2-1-5-3-7-9(11-7)8(5)6/h2,4-5,7-9H,1,3H2/t5-,7-,8+,9-/m0/s1. The lowest BCUT2D eigenvalue weighted by Gasteiger charge is -2.12. The van der Waals surface area contributed by atoms with Crippen LogP contribution in [0.2, 0.25) is 0 Å². The molecule has 2 fully saturated rings. The summed E-state index contributed by atoms with van der Waals surface area (Å²) in [7, 11) is 0. The molecule has 58 valence electrons. The van der Waals surface area contributed by atoms with Gasteiger partial charge in [-0.05, 0) is 24.3 Å². The third kappa shape index (κ3) is 0.632. The van der Waals surface area contributed by atoms with Gasteiger partial charge in [-0.2, -0.15) is 0 Å². The fourth-order valence-corrected chi connectivity index (χ4v) is 2.63. The van der Waals surface area contributed by atoms with Gasteiger partial charge in [-0.1, -0.05) is 6.08 Å². The highest BCUT2D eigenvalue weighted by atomic mass is 16.6. The number of allylic oxidation sites excluding steroid dienone is 1. The molecule has 3 aliphatic rings. The van der Waals surface area contributed by atoms with E-state index >= 15 is 0 Å². The summed E-state index contributed by atoms with van der Waals surface area (Å²) >= 11 is 0. The second-order valence-electron chi connectivity index (χ2n) is 3.72. The number of ether oxygens (including phenoxy) is 1. The summed E-state index contributed by atoms with van der Waals surface area (Å²) in [5.74, 6) is 1.21. The lowest BCUT2D eigenvalue weighted by Crippen LogP contribution is -2.12. The van der Waals surface area contributed by atoms with Crippen LogP contribution in [-0.4, -0.2) is 18.5 Å². The Morgan fingerprint density at radius 1 is 1.64 bits per heavy atom. The third-order valence-corrected chi connectivity index (χ3v) is 3.20. The van der Waals surface area contributed by atoms with E-state index in [4.69, 9.17) is 4.74 Å². The Morgan fingerprint density at radius 2 is 2.55 bits per heavy atom. The van der Waals surface area contributed by atoms with Crippen molar-refractivity contribution in [2.75, 3.05) is 0 Å². The van der Waals surface area contributed by atoms with Crippen molar-refractivity contribution in [2.24, 2.45) is 11.8 Å². The van der Waals surface area contributed by atoms with Gasteiger partial charge in [0.1, 0.15) is 6.29 Å². The number of hydrogen-bond acceptors (Lipinski definition) is 2. The molecular formula is C9H10O2. The van der Waals surface area contributed by atoms with Crippen LogP contribution in [0.1, 0.15) is 12.8 Å². The van der Waals surface area contributed by atoms with Crippen LogP contribution >= 0.6 is 0 Å². The molecule has 0 bridgehead atoms. The van der Waals surface area contributed by atoms with E-state index < -0.39 is 0 Å². The van der Waals surface area contributed by atoms with Crippen LogP contribution in [0.5, 0.6) is 0 Å². The zero-order chi connectivity index (χ0) is 7.42. The Labute approximate surface area is 65.2 Å². The Morgan fingerprint density at radius 3 is 3.36 bits per heavy atom. The molecule has 1 aliphatic heterocycles. The number of rotatable bonds is 1. The van der Waals surface area contributed by atoms with Crippen molar-refractivity contribution in [1.82, 2.24) is 0 Å². The Hall–Kier alpha value is -0.630. The zero-order valence-electron chi connectivity index (χ0n) is 6.19. The van der Waals surface area contributed by atoms with Crippen molar-refractivity contribution in [3.05, 3.63) is 11.6 Å². The van der Waals surface area contributed by atoms with Crippen LogP contribution in [0.3, 0.4) is 0 Å². The van der Waals surface area contributed by atoms with E-state index in [0.29, 0.717) is 18.1 Å². The molecule has 1 heterocycles. The lowest BCUT2D eigenvalue weighted by atomic mass is 9.94. The van der Waals surface area contributed by atoms with Gasteiger partial charge in [-0.3, -0.25) is 4.79 Å². The van der Waals surface area contributed by atoms with Gasteiger partial charge in [0, 0.05) is 5.92 Å². The minimum absolute atomic E-state index is 0.416. The van der Waals surface area contributed by atoms with Crippen molar-refractivity contribution >= 4 is 6.29 Å². The number of carbonyl (C=O) groups excluding carboxylic acids is 1. The van der Waals surface area contributed by atoms with Gasteiger partial charge in [0.2, 0.25) is 0 Å². The van der Waals surface area contributed by atoms with Crippen molar-refractivity contribution in [3.63, 3.8) is 0 Å². The Kier molecular flexibility index (Phi) is 0.946. The lowest BCUT2D eigenvalue weighted by molar-refractivity contribution is -0.105. The first-order valence-electron chi connectivity index (χ1n) is 4.21. The van der Waals surface area contributed by atoms with E-state index in [9.17, 15) is 4.79 Å². The number of fused-ring (bicyclic) bond motifs is 3. The molecule has 0 unspecified atom stereocenters. The van der Waals surface area contributed by atoms with Gasteiger partial charge in [-0.25, -0.2) is 0 Å². The van der Waals surface area contributed by atoms with Gasteiger partial charge in [0.15, 0.2) is 0 Å². The van der Waals surface area contributed by atoms with Gasteiger partial charge in [-0.15, -0.1) is 0 Å². The minimum atomic E-state index is 0.416. The van der Waals surface area contributed by atoms with E-state index in [0.717, 1.165) is 24.2 Å². The summed E-state index contributed by atoms with van der Waals surface area (Å²) in [6.45, 7) is 0. The molecule has 0 amide bonds. The van der Waals surface area contributed by atoms with Gasteiger partial charge in [0.05, 0.1) is 12.2 Å². The fourth-order valence-electron chi connectivity index (χ4n) is 2.63. The molecule has 1 saturated heterocycles. The number of aldehydes is 1. The Balaban J connectivity index is 1.93. The molecule has 0 aromatic carbocycles. The van der Waals surface area contributed by atoms with E-state index in [1.165, 1.54) is 6.42 Å². The monoisotopic (exact) mass is 150 g/mol. The highest BCUT2D eigenvalue weighted by Gasteiger charge is 2.57. The average molecular weight is 150 g/mol. The molecule has 0 aromatic heterocycles. The molecule has 1 saturated carbocycles. The largest absolute Gasteiger partial charge is 0.369 e. The molecule has 3 rings (SSSR count). The smallest absolute Gasteiger partial charge is 0.146 e. The third-order valence-electron chi connectivity index (χ3n) is 3.20. The van der Waals surface area contributed by atoms with Gasteiger partial charge < -0.3 is 4.74 Å². The van der Waals surface area contributed by atoms with Crippen LogP contribution < -0.4 is 0 Å². The SMILES string of the molecule is O=CC1=CC[C@H]2C[C@@H]3O[C@@H]3[C@@H]12. The molecule has 0 aromatic rings. The van der Waals surface area contributed by atoms with Crippen LogP contribution in [0.15, 0.2) is 11.6 Å². The maximum Gasteiger partial charge on any atom is 0.146 e. The molecule has 2 heteroatoms. The first-order chi connectivity index (χ1) is 5.40. The summed E-state index contributed by atoms with van der Waals surface area (Å²) < 4.78 is 5.40. The van der Waals surface area contributed by atoms with E-state index in [2.05, 4.69) is 6.08 Å². The summed E-state index contributed by atoms with van der Waals surface area (Å²) in [5, 5.41) is 0. The van der Waals surface area contributed by atoms with Crippen molar-refractivity contribution < 1.29 is 9.53 Å². The molecule has 4 atom stereocenters. The number of carbonyl (C=O) groups is 1. The fraction of sp³-hybridized carbons (Fsp3) is 0.667. The van der Waals surface area contributed by atoms with Crippen LogP contribution in [0.4, 0.5) is 0 Å². The molecule has 2 nitrogen and oxygen atoms in total. The maximum atomic E-state index is 10.6. The normalized spacial score (nSPS) is 51.5. The summed E-state index contributed by atoms with van der Waals surface area (Å²) in [6.07, 6.45) is 6.31. The van der Waals surface area contributed by atoms with E-state index in [-0.39, 0.29) is 0 Å². The van der Waals surface area contributed by atoms with Crippen molar-refractivity contribution in [2.45, 2.75) is 25.0 Å². The first kappa shape index (κ1) is 5.95. The van der Waals surface area contributed by atoms with Crippen LogP contribution in [0, 0.1) is 11.8 Å². The summed E-state index contributed by atoms with van der Waals surface area (Å²) in [4.78, 5) is 10.6. The van der Waals surface area contributed by atoms with E-state index in [1.54, 1.807) is 0 Å². The second kappa shape index (κ2) is 1.75. The predicted molar refractivity (Wildman–Crippen MR) is 39.0 cm³/mol. The van der Waals surface area contributed by atoms with Gasteiger partial charge in [0.25, 0.3) is 0 Å². The van der Waals surface area contributed by atoms with Gasteiger partial charge >= 0.3 is 0 Å². The quantitative estimate of drug-likeness (QED) is 0.411. The minimum Gasteiger partial charge on any atom is -0.369 e. The molecule has 2 aliphatic carbocycles. The molecule has 0 N–H and O–H groups in total. The highest BCUT2D eigenvalue weighted by Crippen LogP contribution is 2.53. The summed E-state index contributed by atoms with van der Waals surface area (Å²) in [5.41, 5.74) is 1.00. The predicted octanol–water partition coefficient (Wildman–Crippen LogP) is 0.919. The maximum absolute atomic E-state index is 10.6. The first-order valence-corrected chi connectivity index (χ1v) is 4.21. The molecule has 11 heavy (non-hydrogen) atoms. The zero-order valence-corrected chi connectivity index (χ0v) is 6.19. The van der Waals surface area contributed by atoms with Crippen molar-refractivity contribution in [1.29, 1.82) is 0 Å². The molecule has 0 spiro atoms. The Bertz CT molecular complexity index is 244. The average Bonchev–Trinajstić information content (AvgIpc) is 2.53. The van der Waals surface area contributed by atoms with Crippen LogP contribution in [-0.2, 0) is 9.53 Å². The van der Waals surface area contributed by atoms with Crippen LogP contribution in [0.25, 0.3) is 0 Å². The molecule has 0 radical (unpaired) electrons. The number of hydrogen-bond donors (Lipinski definition) is 0. The number of epoxide rings is 1. The van der Waals surface area contributed by atoms with Crippen molar-refractivity contribution in [3.8, 4) is 0 Å². The summed E-state index contributed by atoms with van der Waals surface area (Å²) in [6, 6.07) is 0. The topological polar surface area (TPSA) is 29.6 Å². The second-order valence-corrected chi connectivity index (χ2v) is 3.72. The molecular weight excluding hydrogens is 140 g/mol. The van der Waals surface area contributed by atoms with E-state index in [1.807, 2.05) is 0 Å². The highest BCUT2D eigenvalue weighted by molar-refractivity contribution is 5.75.